The molecule has 3 aromatic carbocycles. The Bertz CT molecular complexity index is 918. The van der Waals surface area contributed by atoms with E-state index in [4.69, 9.17) is 0 Å². The standard InChI is InChI=1S/C23H19FO2/c1-15(25)17-7-5-9-19(13-17)23(21-11-3-4-12-22(21)24)20-10-6-8-18(14-20)16(2)26/h3-14,23H,1-2H3. The summed E-state index contributed by atoms with van der Waals surface area (Å²) >= 11 is 0. The van der Waals surface area contributed by atoms with E-state index in [-0.39, 0.29) is 17.4 Å². The fourth-order valence-corrected chi connectivity index (χ4v) is 3.14. The second kappa shape index (κ2) is 7.44. The Kier molecular flexibility index (Phi) is 5.08. The van der Waals surface area contributed by atoms with Crippen LogP contribution in [0, 0.1) is 5.82 Å². The van der Waals surface area contributed by atoms with Crippen molar-refractivity contribution in [1.82, 2.24) is 0 Å². The van der Waals surface area contributed by atoms with Crippen molar-refractivity contribution in [2.24, 2.45) is 0 Å². The Balaban J connectivity index is 2.22. The number of Topliss-reactive ketones (excluding diaryl/α,β-unsaturated/α-hetero) is 2. The van der Waals surface area contributed by atoms with Crippen molar-refractivity contribution in [2.45, 2.75) is 19.8 Å². The number of carbonyl (C=O) groups is 2. The molecule has 0 atom stereocenters. The molecular weight excluding hydrogens is 327 g/mol. The number of benzene rings is 3. The maximum atomic E-state index is 14.6. The first kappa shape index (κ1) is 17.7. The normalized spacial score (nSPS) is 10.8. The summed E-state index contributed by atoms with van der Waals surface area (Å²) in [5.74, 6) is -0.818. The molecular formula is C23H19FO2. The van der Waals surface area contributed by atoms with Crippen molar-refractivity contribution < 1.29 is 14.0 Å². The van der Waals surface area contributed by atoms with Gasteiger partial charge in [-0.25, -0.2) is 4.39 Å². The van der Waals surface area contributed by atoms with E-state index in [1.165, 1.54) is 19.9 Å². The van der Waals surface area contributed by atoms with Crippen LogP contribution in [0.4, 0.5) is 4.39 Å². The summed E-state index contributed by atoms with van der Waals surface area (Å²) in [7, 11) is 0. The van der Waals surface area contributed by atoms with Crippen molar-refractivity contribution >= 4 is 11.6 Å². The van der Waals surface area contributed by atoms with Gasteiger partial charge in [0.15, 0.2) is 11.6 Å². The van der Waals surface area contributed by atoms with Gasteiger partial charge in [0.1, 0.15) is 5.82 Å². The number of hydrogen-bond donors (Lipinski definition) is 0. The molecule has 0 fully saturated rings. The summed E-state index contributed by atoms with van der Waals surface area (Å²) in [4.78, 5) is 23.6. The van der Waals surface area contributed by atoms with E-state index in [2.05, 4.69) is 0 Å². The van der Waals surface area contributed by atoms with Crippen LogP contribution in [0.5, 0.6) is 0 Å². The largest absolute Gasteiger partial charge is 0.295 e. The first-order valence-electron chi connectivity index (χ1n) is 8.43. The second-order valence-corrected chi connectivity index (χ2v) is 6.32. The highest BCUT2D eigenvalue weighted by molar-refractivity contribution is 5.95. The third-order valence-electron chi connectivity index (χ3n) is 4.47. The zero-order chi connectivity index (χ0) is 18.7. The highest BCUT2D eigenvalue weighted by Crippen LogP contribution is 2.34. The van der Waals surface area contributed by atoms with Crippen LogP contribution in [0.3, 0.4) is 0 Å². The van der Waals surface area contributed by atoms with E-state index in [1.807, 2.05) is 12.1 Å². The lowest BCUT2D eigenvalue weighted by atomic mass is 9.83. The van der Waals surface area contributed by atoms with Gasteiger partial charge in [0.05, 0.1) is 0 Å². The Morgan fingerprint density at radius 3 is 1.69 bits per heavy atom. The highest BCUT2D eigenvalue weighted by atomic mass is 19.1. The maximum absolute atomic E-state index is 14.6. The van der Waals surface area contributed by atoms with Crippen molar-refractivity contribution in [2.75, 3.05) is 0 Å². The predicted molar refractivity (Wildman–Crippen MR) is 100 cm³/mol. The monoisotopic (exact) mass is 346 g/mol. The molecule has 3 rings (SSSR count). The SMILES string of the molecule is CC(=O)c1cccc(C(c2cccc(C(C)=O)c2)c2ccccc2F)c1. The summed E-state index contributed by atoms with van der Waals surface area (Å²) in [5, 5.41) is 0. The molecule has 2 nitrogen and oxygen atoms in total. The summed E-state index contributed by atoms with van der Waals surface area (Å²) < 4.78 is 14.6. The molecule has 0 bridgehead atoms. The molecule has 0 heterocycles. The van der Waals surface area contributed by atoms with E-state index in [9.17, 15) is 14.0 Å². The van der Waals surface area contributed by atoms with Gasteiger partial charge >= 0.3 is 0 Å². The summed E-state index contributed by atoms with van der Waals surface area (Å²) in [6.45, 7) is 3.02. The molecule has 0 saturated heterocycles. The molecule has 0 aliphatic carbocycles. The van der Waals surface area contributed by atoms with Crippen LogP contribution in [0.2, 0.25) is 0 Å². The van der Waals surface area contributed by atoms with Gasteiger partial charge in [0.25, 0.3) is 0 Å². The molecule has 3 heteroatoms. The smallest absolute Gasteiger partial charge is 0.159 e. The molecule has 0 radical (unpaired) electrons. The van der Waals surface area contributed by atoms with Crippen LogP contribution in [-0.4, -0.2) is 11.6 Å². The van der Waals surface area contributed by atoms with Crippen LogP contribution in [0.15, 0.2) is 72.8 Å². The van der Waals surface area contributed by atoms with E-state index in [0.29, 0.717) is 16.7 Å². The van der Waals surface area contributed by atoms with Crippen molar-refractivity contribution in [1.29, 1.82) is 0 Å². The number of hydrogen-bond acceptors (Lipinski definition) is 2. The molecule has 0 aromatic heterocycles. The Labute approximate surface area is 152 Å². The van der Waals surface area contributed by atoms with Crippen LogP contribution < -0.4 is 0 Å². The van der Waals surface area contributed by atoms with Gasteiger partial charge in [-0.15, -0.1) is 0 Å². The Hall–Kier alpha value is -3.07. The molecule has 0 amide bonds. The fourth-order valence-electron chi connectivity index (χ4n) is 3.14. The summed E-state index contributed by atoms with van der Waals surface area (Å²) in [6, 6.07) is 21.0. The minimum absolute atomic E-state index is 0.0448. The topological polar surface area (TPSA) is 34.1 Å². The highest BCUT2D eigenvalue weighted by Gasteiger charge is 2.21. The Morgan fingerprint density at radius 1 is 0.731 bits per heavy atom. The first-order chi connectivity index (χ1) is 12.5. The van der Waals surface area contributed by atoms with Gasteiger partial charge in [-0.3, -0.25) is 9.59 Å². The molecule has 0 spiro atoms. The molecule has 3 aromatic rings. The van der Waals surface area contributed by atoms with Crippen molar-refractivity contribution in [3.63, 3.8) is 0 Å². The minimum atomic E-state index is -0.408. The van der Waals surface area contributed by atoms with E-state index in [0.717, 1.165) is 11.1 Å². The average Bonchev–Trinajstić information content (AvgIpc) is 2.64. The molecule has 0 unspecified atom stereocenters. The lowest BCUT2D eigenvalue weighted by Crippen LogP contribution is -2.08. The molecule has 0 N–H and O–H groups in total. The van der Waals surface area contributed by atoms with Crippen LogP contribution in [-0.2, 0) is 0 Å². The molecule has 0 aliphatic rings. The van der Waals surface area contributed by atoms with Crippen molar-refractivity contribution in [3.8, 4) is 0 Å². The fraction of sp³-hybridized carbons (Fsp3) is 0.130. The minimum Gasteiger partial charge on any atom is -0.295 e. The van der Waals surface area contributed by atoms with Gasteiger partial charge in [-0.1, -0.05) is 54.6 Å². The molecule has 0 aliphatic heterocycles. The zero-order valence-corrected chi connectivity index (χ0v) is 14.7. The number of rotatable bonds is 5. The third kappa shape index (κ3) is 3.62. The summed E-state index contributed by atoms with van der Waals surface area (Å²) in [6.07, 6.45) is 0. The van der Waals surface area contributed by atoms with Gasteiger partial charge in [0.2, 0.25) is 0 Å². The second-order valence-electron chi connectivity index (χ2n) is 6.32. The van der Waals surface area contributed by atoms with Crippen molar-refractivity contribution in [3.05, 3.63) is 106 Å². The average molecular weight is 346 g/mol. The summed E-state index contributed by atoms with van der Waals surface area (Å²) in [5.41, 5.74) is 3.28. The maximum Gasteiger partial charge on any atom is 0.159 e. The lowest BCUT2D eigenvalue weighted by Gasteiger charge is -2.20. The third-order valence-corrected chi connectivity index (χ3v) is 4.47. The van der Waals surface area contributed by atoms with Gasteiger partial charge in [0, 0.05) is 17.0 Å². The number of halogens is 1. The predicted octanol–water partition coefficient (Wildman–Crippen LogP) is 5.41. The van der Waals surface area contributed by atoms with Crippen LogP contribution in [0.1, 0.15) is 57.2 Å². The molecule has 0 saturated carbocycles. The van der Waals surface area contributed by atoms with Gasteiger partial charge in [-0.2, -0.15) is 0 Å². The van der Waals surface area contributed by atoms with Gasteiger partial charge < -0.3 is 0 Å². The Morgan fingerprint density at radius 2 is 1.23 bits per heavy atom. The van der Waals surface area contributed by atoms with E-state index in [1.54, 1.807) is 54.6 Å². The van der Waals surface area contributed by atoms with Gasteiger partial charge in [-0.05, 0) is 48.7 Å². The number of ketones is 2. The van der Waals surface area contributed by atoms with E-state index < -0.39 is 5.92 Å². The lowest BCUT2D eigenvalue weighted by molar-refractivity contribution is 0.100. The molecule has 26 heavy (non-hydrogen) atoms. The quantitative estimate of drug-likeness (QED) is 0.457. The first-order valence-corrected chi connectivity index (χ1v) is 8.43. The van der Waals surface area contributed by atoms with E-state index >= 15 is 0 Å². The van der Waals surface area contributed by atoms with Crippen LogP contribution in [0.25, 0.3) is 0 Å². The van der Waals surface area contributed by atoms with Crippen LogP contribution >= 0.6 is 0 Å². The zero-order valence-electron chi connectivity index (χ0n) is 14.7. The number of carbonyl (C=O) groups excluding carboxylic acids is 2. The molecule has 130 valence electrons.